The topological polar surface area (TPSA) is 64.4 Å². The van der Waals surface area contributed by atoms with Gasteiger partial charge in [0.2, 0.25) is 0 Å². The largest absolute Gasteiger partial charge is 0.494 e. The van der Waals surface area contributed by atoms with Gasteiger partial charge >= 0.3 is 0 Å². The van der Waals surface area contributed by atoms with Gasteiger partial charge in [-0.05, 0) is 24.6 Å². The second kappa shape index (κ2) is 6.39. The number of nitrogens with one attached hydrogen (secondary N) is 1. The van der Waals surface area contributed by atoms with E-state index in [1.165, 1.54) is 25.6 Å². The number of carbonyl (C=O) groups is 1. The van der Waals surface area contributed by atoms with Crippen LogP contribution in [0.5, 0.6) is 5.75 Å². The summed E-state index contributed by atoms with van der Waals surface area (Å²) in [6, 6.07) is 4.21. The Hall–Kier alpha value is -2.37. The van der Waals surface area contributed by atoms with Gasteiger partial charge in [-0.15, -0.1) is 0 Å². The first-order valence-electron chi connectivity index (χ1n) is 6.63. The summed E-state index contributed by atoms with van der Waals surface area (Å²) < 4.78 is 23.7. The van der Waals surface area contributed by atoms with Crippen molar-refractivity contribution in [3.63, 3.8) is 0 Å². The average Bonchev–Trinajstić information content (AvgIpc) is 2.95. The SMILES string of the molecule is CCc1ocnc1C(=O)N[C@@H](C)c1ccc(OC)c(F)c1. The minimum atomic E-state index is -0.466. The van der Waals surface area contributed by atoms with E-state index in [9.17, 15) is 9.18 Å². The minimum absolute atomic E-state index is 0.169. The first-order chi connectivity index (χ1) is 10.1. The molecule has 112 valence electrons. The highest BCUT2D eigenvalue weighted by Crippen LogP contribution is 2.22. The highest BCUT2D eigenvalue weighted by Gasteiger charge is 2.18. The van der Waals surface area contributed by atoms with Crippen molar-refractivity contribution < 1.29 is 18.3 Å². The summed E-state index contributed by atoms with van der Waals surface area (Å²) >= 11 is 0. The zero-order valence-corrected chi connectivity index (χ0v) is 12.1. The molecule has 21 heavy (non-hydrogen) atoms. The second-order valence-electron chi connectivity index (χ2n) is 4.57. The first-order valence-corrected chi connectivity index (χ1v) is 6.63. The van der Waals surface area contributed by atoms with E-state index in [4.69, 9.17) is 9.15 Å². The number of amides is 1. The van der Waals surface area contributed by atoms with Crippen LogP contribution in [0.15, 0.2) is 29.0 Å². The Morgan fingerprint density at radius 3 is 2.90 bits per heavy atom. The summed E-state index contributed by atoms with van der Waals surface area (Å²) in [6.45, 7) is 3.64. The zero-order chi connectivity index (χ0) is 15.4. The normalized spacial score (nSPS) is 12.0. The molecule has 1 aromatic heterocycles. The summed E-state index contributed by atoms with van der Waals surface area (Å²) in [7, 11) is 1.40. The number of methoxy groups -OCH3 is 1. The molecule has 1 amide bonds. The molecule has 0 unspecified atom stereocenters. The predicted octanol–water partition coefficient (Wildman–Crippen LogP) is 2.88. The maximum absolute atomic E-state index is 13.7. The Bertz CT molecular complexity index is 640. The fourth-order valence-corrected chi connectivity index (χ4v) is 2.01. The van der Waals surface area contributed by atoms with Crippen LogP contribution in [0.4, 0.5) is 4.39 Å². The molecule has 2 aromatic rings. The van der Waals surface area contributed by atoms with Crippen LogP contribution in [-0.2, 0) is 6.42 Å². The number of aromatic nitrogens is 1. The fourth-order valence-electron chi connectivity index (χ4n) is 2.01. The van der Waals surface area contributed by atoms with Crippen LogP contribution in [0.3, 0.4) is 0 Å². The van der Waals surface area contributed by atoms with Gasteiger partial charge in [-0.2, -0.15) is 0 Å². The van der Waals surface area contributed by atoms with Gasteiger partial charge in [0.25, 0.3) is 5.91 Å². The van der Waals surface area contributed by atoms with Crippen molar-refractivity contribution in [3.05, 3.63) is 47.4 Å². The minimum Gasteiger partial charge on any atom is -0.494 e. The lowest BCUT2D eigenvalue weighted by Crippen LogP contribution is -2.27. The summed E-state index contributed by atoms with van der Waals surface area (Å²) in [5, 5.41) is 2.77. The van der Waals surface area contributed by atoms with Gasteiger partial charge < -0.3 is 14.5 Å². The van der Waals surface area contributed by atoms with Crippen LogP contribution in [0.2, 0.25) is 0 Å². The molecule has 0 aliphatic carbocycles. The van der Waals surface area contributed by atoms with Crippen molar-refractivity contribution in [1.29, 1.82) is 0 Å². The van der Waals surface area contributed by atoms with Crippen molar-refractivity contribution in [2.45, 2.75) is 26.3 Å². The number of nitrogens with zero attached hydrogens (tertiary/aromatic N) is 1. The smallest absolute Gasteiger partial charge is 0.274 e. The Labute approximate surface area is 122 Å². The fraction of sp³-hybridized carbons (Fsp3) is 0.333. The van der Waals surface area contributed by atoms with E-state index in [1.807, 2.05) is 6.92 Å². The molecule has 1 heterocycles. The van der Waals surface area contributed by atoms with Crippen molar-refractivity contribution in [3.8, 4) is 5.75 Å². The molecule has 2 rings (SSSR count). The summed E-state index contributed by atoms with van der Waals surface area (Å²) in [4.78, 5) is 16.0. The standard InChI is InChI=1S/C15H17FN2O3/c1-4-12-14(17-8-21-12)15(19)18-9(2)10-5-6-13(20-3)11(16)7-10/h5-9H,4H2,1-3H3,(H,18,19)/t9-/m0/s1. The Morgan fingerprint density at radius 2 is 2.29 bits per heavy atom. The van der Waals surface area contributed by atoms with Crippen molar-refractivity contribution >= 4 is 5.91 Å². The number of ether oxygens (including phenoxy) is 1. The van der Waals surface area contributed by atoms with Gasteiger partial charge in [0.1, 0.15) is 5.76 Å². The molecule has 5 nitrogen and oxygen atoms in total. The number of halogens is 1. The lowest BCUT2D eigenvalue weighted by atomic mass is 10.1. The van der Waals surface area contributed by atoms with E-state index in [0.29, 0.717) is 17.7 Å². The van der Waals surface area contributed by atoms with Crippen LogP contribution in [0.1, 0.15) is 41.7 Å². The number of aryl methyl sites for hydroxylation is 1. The molecule has 1 aromatic carbocycles. The number of hydrogen-bond donors (Lipinski definition) is 1. The summed E-state index contributed by atoms with van der Waals surface area (Å²) in [6.07, 6.45) is 1.82. The number of carbonyl (C=O) groups excluding carboxylic acids is 1. The molecule has 0 radical (unpaired) electrons. The van der Waals surface area contributed by atoms with E-state index in [0.717, 1.165) is 0 Å². The highest BCUT2D eigenvalue weighted by molar-refractivity contribution is 5.93. The lowest BCUT2D eigenvalue weighted by molar-refractivity contribution is 0.0933. The third kappa shape index (κ3) is 3.21. The maximum Gasteiger partial charge on any atom is 0.274 e. The molecule has 0 aliphatic heterocycles. The Kier molecular flexibility index (Phi) is 4.57. The van der Waals surface area contributed by atoms with Crippen molar-refractivity contribution in [1.82, 2.24) is 10.3 Å². The lowest BCUT2D eigenvalue weighted by Gasteiger charge is -2.14. The maximum atomic E-state index is 13.7. The molecule has 0 saturated heterocycles. The summed E-state index contributed by atoms with van der Waals surface area (Å²) in [5.41, 5.74) is 0.904. The van der Waals surface area contributed by atoms with Gasteiger partial charge in [0.05, 0.1) is 13.2 Å². The van der Waals surface area contributed by atoms with E-state index in [-0.39, 0.29) is 23.4 Å². The van der Waals surface area contributed by atoms with Crippen LogP contribution < -0.4 is 10.1 Å². The van der Waals surface area contributed by atoms with E-state index in [2.05, 4.69) is 10.3 Å². The van der Waals surface area contributed by atoms with Crippen molar-refractivity contribution in [2.75, 3.05) is 7.11 Å². The first kappa shape index (κ1) is 15.0. The molecular weight excluding hydrogens is 275 g/mol. The molecule has 1 N–H and O–H groups in total. The van der Waals surface area contributed by atoms with Crippen LogP contribution in [-0.4, -0.2) is 18.0 Å². The second-order valence-corrected chi connectivity index (χ2v) is 4.57. The highest BCUT2D eigenvalue weighted by atomic mass is 19.1. The number of benzene rings is 1. The molecule has 0 bridgehead atoms. The van der Waals surface area contributed by atoms with Crippen LogP contribution >= 0.6 is 0 Å². The quantitative estimate of drug-likeness (QED) is 0.920. The van der Waals surface area contributed by atoms with E-state index in [1.54, 1.807) is 13.0 Å². The van der Waals surface area contributed by atoms with E-state index >= 15 is 0 Å². The number of oxazole rings is 1. The van der Waals surface area contributed by atoms with Gasteiger partial charge in [-0.25, -0.2) is 9.37 Å². The molecule has 1 atom stereocenters. The molecular formula is C15H17FN2O3. The van der Waals surface area contributed by atoms with Gasteiger partial charge in [-0.3, -0.25) is 4.79 Å². The molecule has 0 fully saturated rings. The van der Waals surface area contributed by atoms with Crippen LogP contribution in [0, 0.1) is 5.82 Å². The predicted molar refractivity (Wildman–Crippen MR) is 74.7 cm³/mol. The van der Waals surface area contributed by atoms with E-state index < -0.39 is 5.82 Å². The number of rotatable bonds is 5. The Morgan fingerprint density at radius 1 is 1.52 bits per heavy atom. The third-order valence-corrected chi connectivity index (χ3v) is 3.20. The average molecular weight is 292 g/mol. The van der Waals surface area contributed by atoms with Gasteiger partial charge in [0.15, 0.2) is 23.7 Å². The molecule has 0 saturated carbocycles. The van der Waals surface area contributed by atoms with Gasteiger partial charge in [0, 0.05) is 6.42 Å². The number of hydrogen-bond acceptors (Lipinski definition) is 4. The van der Waals surface area contributed by atoms with Crippen LogP contribution in [0.25, 0.3) is 0 Å². The monoisotopic (exact) mass is 292 g/mol. The van der Waals surface area contributed by atoms with Gasteiger partial charge in [-0.1, -0.05) is 13.0 Å². The zero-order valence-electron chi connectivity index (χ0n) is 12.1. The molecule has 0 spiro atoms. The third-order valence-electron chi connectivity index (χ3n) is 3.20. The van der Waals surface area contributed by atoms with Crippen molar-refractivity contribution in [2.24, 2.45) is 0 Å². The Balaban J connectivity index is 2.12. The molecule has 0 aliphatic rings. The summed E-state index contributed by atoms with van der Waals surface area (Å²) in [5.74, 6) is -0.112. The molecule has 6 heteroatoms.